The molecule has 0 fully saturated rings. The number of hydrogen-bond acceptors (Lipinski definition) is 7. The first-order valence-electron chi connectivity index (χ1n) is 10.9. The molecule has 1 aromatic heterocycles. The van der Waals surface area contributed by atoms with E-state index in [1.54, 1.807) is 25.2 Å². The van der Waals surface area contributed by atoms with Gasteiger partial charge < -0.3 is 15.0 Å². The number of nitrogens with two attached hydrogens (primary N) is 2. The summed E-state index contributed by atoms with van der Waals surface area (Å²) in [6.45, 7) is 6.46. The van der Waals surface area contributed by atoms with Crippen molar-refractivity contribution in [3.05, 3.63) is 77.9 Å². The van der Waals surface area contributed by atoms with Crippen molar-refractivity contribution >= 4 is 21.2 Å². The van der Waals surface area contributed by atoms with Crippen molar-refractivity contribution in [2.24, 2.45) is 18.6 Å². The Morgan fingerprint density at radius 1 is 1.12 bits per heavy atom. The lowest BCUT2D eigenvalue weighted by Crippen LogP contribution is -2.34. The van der Waals surface area contributed by atoms with Crippen LogP contribution in [0.4, 0.5) is 4.39 Å². The minimum atomic E-state index is -3.88. The monoisotopic (exact) mass is 489 g/mol. The summed E-state index contributed by atoms with van der Waals surface area (Å²) in [5.41, 5.74) is 7.82. The third-order valence-corrected chi connectivity index (χ3v) is 6.51. The van der Waals surface area contributed by atoms with E-state index in [0.717, 1.165) is 6.42 Å². The van der Waals surface area contributed by atoms with Gasteiger partial charge in [0.1, 0.15) is 18.2 Å². The third-order valence-electron chi connectivity index (χ3n) is 4.76. The summed E-state index contributed by atoms with van der Waals surface area (Å²) in [6.07, 6.45) is 2.19. The molecule has 0 aliphatic rings. The maximum atomic E-state index is 13.4. The van der Waals surface area contributed by atoms with E-state index in [-0.39, 0.29) is 22.5 Å². The van der Waals surface area contributed by atoms with E-state index in [2.05, 4.69) is 4.98 Å². The number of imidazole rings is 1. The number of aromatic nitrogens is 2. The Labute approximate surface area is 200 Å². The van der Waals surface area contributed by atoms with Crippen molar-refractivity contribution in [2.75, 3.05) is 13.3 Å². The Morgan fingerprint density at radius 2 is 1.74 bits per heavy atom. The molecule has 34 heavy (non-hydrogen) atoms. The molecule has 0 radical (unpaired) electrons. The molecule has 0 atom stereocenters. The van der Waals surface area contributed by atoms with Gasteiger partial charge in [-0.2, -0.15) is 0 Å². The highest BCUT2D eigenvalue weighted by Gasteiger charge is 2.27. The van der Waals surface area contributed by atoms with Gasteiger partial charge in [-0.25, -0.2) is 23.6 Å². The Bertz CT molecular complexity index is 1190. The number of rotatable bonds is 9. The predicted octanol–water partition coefficient (Wildman–Crippen LogP) is 3.76. The van der Waals surface area contributed by atoms with Crippen molar-refractivity contribution in [3.63, 3.8) is 0 Å². The molecule has 0 aliphatic heterocycles. The lowest BCUT2D eigenvalue weighted by Gasteiger charge is -2.24. The van der Waals surface area contributed by atoms with E-state index in [1.165, 1.54) is 52.2 Å². The fourth-order valence-electron chi connectivity index (χ4n) is 3.15. The van der Waals surface area contributed by atoms with Gasteiger partial charge in [-0.15, -0.1) is 0 Å². The summed E-state index contributed by atoms with van der Waals surface area (Å²) in [6, 6.07) is 13.6. The summed E-state index contributed by atoms with van der Waals surface area (Å²) >= 11 is 0. The van der Waals surface area contributed by atoms with Crippen molar-refractivity contribution in [1.29, 1.82) is 0 Å². The number of nitrogens with zero attached hydrogens (tertiary/aromatic N) is 3. The molecule has 0 saturated carbocycles. The number of sulfone groups is 1. The van der Waals surface area contributed by atoms with Crippen LogP contribution >= 0.6 is 0 Å². The molecule has 10 heteroatoms. The van der Waals surface area contributed by atoms with Gasteiger partial charge in [-0.1, -0.05) is 39.0 Å². The van der Waals surface area contributed by atoms with Gasteiger partial charge in [0.25, 0.3) is 0 Å². The normalized spacial score (nSPS) is 11.9. The molecule has 184 valence electrons. The molecule has 3 rings (SSSR count). The van der Waals surface area contributed by atoms with E-state index in [4.69, 9.17) is 16.3 Å². The average molecular weight is 490 g/mol. The maximum absolute atomic E-state index is 13.4. The topological polar surface area (TPSA) is 116 Å². The van der Waals surface area contributed by atoms with Crippen LogP contribution < -0.4 is 11.6 Å². The summed E-state index contributed by atoms with van der Waals surface area (Å²) in [5, 5.41) is 1.12. The first-order valence-corrected chi connectivity index (χ1v) is 12.4. The molecular weight excluding hydrogens is 457 g/mol. The van der Waals surface area contributed by atoms with Crippen LogP contribution in [0.2, 0.25) is 0 Å². The van der Waals surface area contributed by atoms with Crippen molar-refractivity contribution in [2.45, 2.75) is 37.2 Å². The SMILES string of the molecule is CC.CCCOCN(N)/C(=C(\N)c1ccc(F)cc1)c1cnc(S(=O)(=O)c2ccccc2)n1C. The van der Waals surface area contributed by atoms with Gasteiger partial charge in [0.05, 0.1) is 22.5 Å². The largest absolute Gasteiger partial charge is 0.396 e. The van der Waals surface area contributed by atoms with Crippen LogP contribution in [0.25, 0.3) is 11.4 Å². The summed E-state index contributed by atoms with van der Waals surface area (Å²) in [4.78, 5) is 4.27. The summed E-state index contributed by atoms with van der Waals surface area (Å²) in [7, 11) is -2.31. The predicted molar refractivity (Wildman–Crippen MR) is 131 cm³/mol. The number of halogens is 1. The number of ether oxygens (including phenoxy) is 1. The Kier molecular flexibility index (Phi) is 9.79. The van der Waals surface area contributed by atoms with Crippen molar-refractivity contribution in [3.8, 4) is 0 Å². The van der Waals surface area contributed by atoms with Crippen LogP contribution in [0.15, 0.2) is 70.8 Å². The molecule has 0 unspecified atom stereocenters. The van der Waals surface area contributed by atoms with Crippen LogP contribution in [0.5, 0.6) is 0 Å². The second-order valence-corrected chi connectivity index (χ2v) is 8.92. The Balaban J connectivity index is 0.00000199. The number of benzene rings is 2. The van der Waals surface area contributed by atoms with Crippen LogP contribution in [-0.2, 0) is 21.6 Å². The standard InChI is InChI=1S/C22H26FN5O3S.C2H6/c1-3-13-31-15-28(25)21(20(24)16-9-11-17(23)12-10-16)19-14-26-22(27(19)2)32(29,30)18-7-5-4-6-8-18;1-2/h4-12,14H,3,13,15,24-25H2,1-2H3;1-2H3/b21-20-;. The summed E-state index contributed by atoms with van der Waals surface area (Å²) < 4.78 is 46.6. The second kappa shape index (κ2) is 12.3. The van der Waals surface area contributed by atoms with Crippen molar-refractivity contribution in [1.82, 2.24) is 14.6 Å². The van der Waals surface area contributed by atoms with E-state index in [9.17, 15) is 12.8 Å². The van der Waals surface area contributed by atoms with E-state index in [1.807, 2.05) is 20.8 Å². The molecule has 4 N–H and O–H groups in total. The number of hydrazine groups is 1. The minimum Gasteiger partial charge on any atom is -0.396 e. The molecule has 0 amide bonds. The smallest absolute Gasteiger partial charge is 0.240 e. The highest BCUT2D eigenvalue weighted by atomic mass is 32.2. The average Bonchev–Trinajstić information content (AvgIpc) is 3.23. The first kappa shape index (κ1) is 27.0. The maximum Gasteiger partial charge on any atom is 0.240 e. The lowest BCUT2D eigenvalue weighted by atomic mass is 10.1. The molecule has 0 saturated heterocycles. The van der Waals surface area contributed by atoms with Gasteiger partial charge in [-0.3, -0.25) is 5.01 Å². The van der Waals surface area contributed by atoms with Crippen LogP contribution in [0.3, 0.4) is 0 Å². The highest BCUT2D eigenvalue weighted by molar-refractivity contribution is 7.91. The molecular formula is C24H32FN5O3S. The lowest BCUT2D eigenvalue weighted by molar-refractivity contribution is 0.0600. The molecule has 2 aromatic carbocycles. The van der Waals surface area contributed by atoms with Gasteiger partial charge in [0.2, 0.25) is 15.0 Å². The van der Waals surface area contributed by atoms with Gasteiger partial charge in [0, 0.05) is 13.7 Å². The third kappa shape index (κ3) is 6.02. The first-order chi connectivity index (χ1) is 16.3. The zero-order valence-electron chi connectivity index (χ0n) is 19.9. The molecule has 3 aromatic rings. The molecule has 0 spiro atoms. The minimum absolute atomic E-state index is 0.0109. The Morgan fingerprint density at radius 3 is 2.32 bits per heavy atom. The van der Waals surface area contributed by atoms with Gasteiger partial charge >= 0.3 is 0 Å². The van der Waals surface area contributed by atoms with E-state index >= 15 is 0 Å². The Hall–Kier alpha value is -3.21. The fourth-order valence-corrected chi connectivity index (χ4v) is 4.52. The van der Waals surface area contributed by atoms with Gasteiger partial charge in [0.15, 0.2) is 0 Å². The van der Waals surface area contributed by atoms with E-state index < -0.39 is 15.7 Å². The molecule has 8 nitrogen and oxygen atoms in total. The zero-order valence-corrected chi connectivity index (χ0v) is 20.7. The van der Waals surface area contributed by atoms with Gasteiger partial charge in [-0.05, 0) is 48.4 Å². The quantitative estimate of drug-likeness (QED) is 0.203. The zero-order chi connectivity index (χ0) is 25.3. The van der Waals surface area contributed by atoms with Crippen LogP contribution in [0.1, 0.15) is 38.4 Å². The molecule has 0 aliphatic carbocycles. The highest BCUT2D eigenvalue weighted by Crippen LogP contribution is 2.28. The summed E-state index contributed by atoms with van der Waals surface area (Å²) in [5.74, 6) is 5.86. The van der Waals surface area contributed by atoms with E-state index in [0.29, 0.717) is 23.6 Å². The van der Waals surface area contributed by atoms with Crippen LogP contribution in [0, 0.1) is 5.82 Å². The molecule has 1 heterocycles. The van der Waals surface area contributed by atoms with Crippen LogP contribution in [-0.4, -0.2) is 36.3 Å². The second-order valence-electron chi connectivity index (χ2n) is 7.08. The molecule has 0 bridgehead atoms. The number of hydrogen-bond donors (Lipinski definition) is 2. The van der Waals surface area contributed by atoms with Crippen molar-refractivity contribution < 1.29 is 17.5 Å². The fraction of sp³-hybridized carbons (Fsp3) is 0.292.